The van der Waals surface area contributed by atoms with Crippen LogP contribution in [0.5, 0.6) is 5.75 Å². The molecule has 5 rings (SSSR count). The number of hydrogen-bond donors (Lipinski definition) is 1. The molecule has 0 atom stereocenters. The molecule has 30 heavy (non-hydrogen) atoms. The number of nitrogens with zero attached hydrogens (tertiary/aromatic N) is 2. The predicted molar refractivity (Wildman–Crippen MR) is 121 cm³/mol. The van der Waals surface area contributed by atoms with E-state index in [1.54, 1.807) is 6.07 Å². The van der Waals surface area contributed by atoms with Gasteiger partial charge in [-0.2, -0.15) is 0 Å². The Bertz CT molecular complexity index is 1250. The van der Waals surface area contributed by atoms with Gasteiger partial charge < -0.3 is 14.3 Å². The summed E-state index contributed by atoms with van der Waals surface area (Å²) < 4.78 is 8.28. The van der Waals surface area contributed by atoms with Gasteiger partial charge in [0.25, 0.3) is 0 Å². The van der Waals surface area contributed by atoms with E-state index in [2.05, 4.69) is 45.8 Å². The highest BCUT2D eigenvalue weighted by Crippen LogP contribution is 2.30. The zero-order valence-electron chi connectivity index (χ0n) is 17.4. The maximum atomic E-state index is 11.5. The molecule has 4 aromatic rings. The van der Waals surface area contributed by atoms with E-state index < -0.39 is 0 Å². The van der Waals surface area contributed by atoms with Crippen molar-refractivity contribution in [2.75, 3.05) is 19.7 Å². The molecule has 3 heterocycles. The van der Waals surface area contributed by atoms with Gasteiger partial charge in [-0.3, -0.25) is 9.69 Å². The second-order valence-corrected chi connectivity index (χ2v) is 8.15. The zero-order valence-corrected chi connectivity index (χ0v) is 17.4. The van der Waals surface area contributed by atoms with Gasteiger partial charge in [-0.1, -0.05) is 18.2 Å². The smallest absolute Gasteiger partial charge is 0.248 e. The van der Waals surface area contributed by atoms with Crippen molar-refractivity contribution in [1.29, 1.82) is 0 Å². The molecule has 1 N–H and O–H groups in total. The third kappa shape index (κ3) is 3.61. The van der Waals surface area contributed by atoms with E-state index in [9.17, 15) is 4.79 Å². The number of unbranched alkanes of at least 4 members (excludes halogenated alkanes) is 1. The van der Waals surface area contributed by atoms with Gasteiger partial charge in [-0.25, -0.2) is 0 Å². The fourth-order valence-corrected chi connectivity index (χ4v) is 4.62. The SMILES string of the molecule is Cn1c2c(c3ccccc31)CN(CCCCOc1ccc3ccc(=O)[nH]c3c1)CC2. The number of aromatic nitrogens is 2. The van der Waals surface area contributed by atoms with Crippen molar-refractivity contribution in [2.45, 2.75) is 25.8 Å². The third-order valence-corrected chi connectivity index (χ3v) is 6.22. The predicted octanol–water partition coefficient (Wildman–Crippen LogP) is 4.24. The summed E-state index contributed by atoms with van der Waals surface area (Å²) >= 11 is 0. The molecule has 0 bridgehead atoms. The van der Waals surface area contributed by atoms with Crippen molar-refractivity contribution in [3.05, 3.63) is 76.2 Å². The molecule has 154 valence electrons. The second kappa shape index (κ2) is 8.00. The number of benzene rings is 2. The van der Waals surface area contributed by atoms with E-state index in [0.717, 1.165) is 55.5 Å². The molecule has 0 spiro atoms. The number of nitrogens with one attached hydrogen (secondary N) is 1. The third-order valence-electron chi connectivity index (χ3n) is 6.22. The molecule has 0 saturated heterocycles. The van der Waals surface area contributed by atoms with Crippen molar-refractivity contribution in [2.24, 2.45) is 7.05 Å². The van der Waals surface area contributed by atoms with Crippen molar-refractivity contribution in [1.82, 2.24) is 14.5 Å². The van der Waals surface area contributed by atoms with E-state index in [4.69, 9.17) is 4.74 Å². The number of H-pyrrole nitrogens is 1. The minimum absolute atomic E-state index is 0.0875. The van der Waals surface area contributed by atoms with E-state index in [1.807, 2.05) is 24.3 Å². The molecule has 1 aliphatic heterocycles. The van der Waals surface area contributed by atoms with Gasteiger partial charge in [-0.05, 0) is 54.6 Å². The number of rotatable bonds is 6. The first-order chi connectivity index (χ1) is 14.7. The zero-order chi connectivity index (χ0) is 20.5. The Hall–Kier alpha value is -3.05. The van der Waals surface area contributed by atoms with Crippen LogP contribution < -0.4 is 10.3 Å². The molecule has 0 radical (unpaired) electrons. The first kappa shape index (κ1) is 18.9. The van der Waals surface area contributed by atoms with Crippen LogP contribution in [0.25, 0.3) is 21.8 Å². The Balaban J connectivity index is 1.14. The van der Waals surface area contributed by atoms with Crippen LogP contribution in [0, 0.1) is 0 Å². The summed E-state index contributed by atoms with van der Waals surface area (Å²) in [7, 11) is 2.19. The molecule has 0 saturated carbocycles. The summed E-state index contributed by atoms with van der Waals surface area (Å²) in [6.07, 6.45) is 3.25. The van der Waals surface area contributed by atoms with Gasteiger partial charge in [0.1, 0.15) is 5.75 Å². The molecule has 0 aliphatic carbocycles. The Morgan fingerprint density at radius 3 is 2.87 bits per heavy atom. The van der Waals surface area contributed by atoms with Crippen LogP contribution >= 0.6 is 0 Å². The van der Waals surface area contributed by atoms with Crippen LogP contribution in [-0.2, 0) is 20.0 Å². The van der Waals surface area contributed by atoms with Crippen LogP contribution in [0.1, 0.15) is 24.1 Å². The minimum atomic E-state index is -0.0875. The highest BCUT2D eigenvalue weighted by molar-refractivity contribution is 5.85. The molecule has 0 unspecified atom stereocenters. The summed E-state index contributed by atoms with van der Waals surface area (Å²) in [5.41, 5.74) is 5.06. The topological polar surface area (TPSA) is 50.3 Å². The van der Waals surface area contributed by atoms with Crippen molar-refractivity contribution >= 4 is 21.8 Å². The number of aromatic amines is 1. The summed E-state index contributed by atoms with van der Waals surface area (Å²) in [4.78, 5) is 16.9. The lowest BCUT2D eigenvalue weighted by molar-refractivity contribution is 0.234. The largest absolute Gasteiger partial charge is 0.494 e. The fraction of sp³-hybridized carbons (Fsp3) is 0.320. The van der Waals surface area contributed by atoms with Crippen LogP contribution in [0.4, 0.5) is 0 Å². The maximum absolute atomic E-state index is 11.5. The molecule has 0 amide bonds. The lowest BCUT2D eigenvalue weighted by Crippen LogP contribution is -2.31. The van der Waals surface area contributed by atoms with Gasteiger partial charge in [0.05, 0.1) is 12.1 Å². The summed E-state index contributed by atoms with van der Waals surface area (Å²) in [6.45, 7) is 3.94. The van der Waals surface area contributed by atoms with Crippen LogP contribution in [0.2, 0.25) is 0 Å². The number of aryl methyl sites for hydroxylation is 1. The Kier molecular flexibility index (Phi) is 5.05. The molecule has 1 aliphatic rings. The first-order valence-electron chi connectivity index (χ1n) is 10.7. The van der Waals surface area contributed by atoms with E-state index in [-0.39, 0.29) is 5.56 Å². The summed E-state index contributed by atoms with van der Waals surface area (Å²) in [5.74, 6) is 0.808. The molecule has 5 nitrogen and oxygen atoms in total. The second-order valence-electron chi connectivity index (χ2n) is 8.15. The lowest BCUT2D eigenvalue weighted by atomic mass is 10.0. The Labute approximate surface area is 175 Å². The Morgan fingerprint density at radius 2 is 1.93 bits per heavy atom. The normalized spacial score (nSPS) is 14.3. The molecule has 2 aromatic carbocycles. The standard InChI is InChI=1S/C25H27N3O2/c1-27-23-7-3-2-6-20(23)21-17-28(14-12-24(21)27)13-4-5-15-30-19-10-8-18-9-11-25(29)26-22(18)16-19/h2-3,6-11,16H,4-5,12-15,17H2,1H3,(H,26,29). The molecule has 0 fully saturated rings. The Morgan fingerprint density at radius 1 is 1.07 bits per heavy atom. The van der Waals surface area contributed by atoms with Crippen molar-refractivity contribution in [3.63, 3.8) is 0 Å². The van der Waals surface area contributed by atoms with Crippen LogP contribution in [0.3, 0.4) is 0 Å². The van der Waals surface area contributed by atoms with E-state index >= 15 is 0 Å². The molecule has 5 heteroatoms. The highest BCUT2D eigenvalue weighted by atomic mass is 16.5. The van der Waals surface area contributed by atoms with Crippen molar-refractivity contribution in [3.8, 4) is 5.75 Å². The van der Waals surface area contributed by atoms with Crippen LogP contribution in [-0.4, -0.2) is 34.1 Å². The van der Waals surface area contributed by atoms with Gasteiger partial charge in [0.2, 0.25) is 5.56 Å². The number of para-hydroxylation sites is 1. The summed E-state index contributed by atoms with van der Waals surface area (Å²) in [5, 5.41) is 2.41. The maximum Gasteiger partial charge on any atom is 0.248 e. The highest BCUT2D eigenvalue weighted by Gasteiger charge is 2.22. The quantitative estimate of drug-likeness (QED) is 0.492. The summed E-state index contributed by atoms with van der Waals surface area (Å²) in [6, 6.07) is 18.0. The van der Waals surface area contributed by atoms with E-state index in [0.29, 0.717) is 6.61 Å². The molecular formula is C25H27N3O2. The van der Waals surface area contributed by atoms with Gasteiger partial charge in [0.15, 0.2) is 0 Å². The molecular weight excluding hydrogens is 374 g/mol. The van der Waals surface area contributed by atoms with Gasteiger partial charge in [0, 0.05) is 55.3 Å². The minimum Gasteiger partial charge on any atom is -0.494 e. The van der Waals surface area contributed by atoms with Gasteiger partial charge >= 0.3 is 0 Å². The average Bonchev–Trinajstić information content (AvgIpc) is 3.05. The van der Waals surface area contributed by atoms with Crippen molar-refractivity contribution < 1.29 is 4.74 Å². The van der Waals surface area contributed by atoms with Gasteiger partial charge in [-0.15, -0.1) is 0 Å². The average molecular weight is 402 g/mol. The monoisotopic (exact) mass is 401 g/mol. The first-order valence-corrected chi connectivity index (χ1v) is 10.7. The fourth-order valence-electron chi connectivity index (χ4n) is 4.62. The number of hydrogen-bond acceptors (Lipinski definition) is 3. The van der Waals surface area contributed by atoms with E-state index in [1.165, 1.54) is 22.2 Å². The lowest BCUT2D eigenvalue weighted by Gasteiger charge is -2.27. The van der Waals surface area contributed by atoms with Crippen LogP contribution in [0.15, 0.2) is 59.4 Å². The number of pyridine rings is 1. The number of ether oxygens (including phenoxy) is 1. The number of fused-ring (bicyclic) bond motifs is 4. The molecule has 2 aromatic heterocycles.